The van der Waals surface area contributed by atoms with Gasteiger partial charge in [-0.3, -0.25) is 14.5 Å². The van der Waals surface area contributed by atoms with Crippen molar-refractivity contribution in [3.05, 3.63) is 0 Å². The number of carbonyl (C=O) groups excluding carboxylic acids is 2. The third-order valence-corrected chi connectivity index (χ3v) is 4.15. The van der Waals surface area contributed by atoms with E-state index in [4.69, 9.17) is 0 Å². The highest BCUT2D eigenvalue weighted by molar-refractivity contribution is 5.82. The third kappa shape index (κ3) is 3.93. The maximum absolute atomic E-state index is 12.4. The van der Waals surface area contributed by atoms with E-state index in [1.54, 1.807) is 19.0 Å². The average Bonchev–Trinajstić information content (AvgIpc) is 2.48. The molecule has 2 fully saturated rings. The molecule has 1 atom stereocenters. The fourth-order valence-corrected chi connectivity index (χ4v) is 2.74. The van der Waals surface area contributed by atoms with Crippen LogP contribution in [0.4, 0.5) is 0 Å². The van der Waals surface area contributed by atoms with Crippen molar-refractivity contribution in [2.24, 2.45) is 0 Å². The summed E-state index contributed by atoms with van der Waals surface area (Å²) in [4.78, 5) is 29.7. The lowest BCUT2D eigenvalue weighted by Crippen LogP contribution is -2.55. The number of piperazine rings is 1. The van der Waals surface area contributed by atoms with Crippen molar-refractivity contribution in [1.29, 1.82) is 0 Å². The van der Waals surface area contributed by atoms with Crippen LogP contribution in [0.2, 0.25) is 0 Å². The van der Waals surface area contributed by atoms with Gasteiger partial charge in [0.1, 0.15) is 0 Å². The Balaban J connectivity index is 1.76. The molecule has 2 heterocycles. The second-order valence-electron chi connectivity index (χ2n) is 5.89. The molecule has 2 saturated heterocycles. The zero-order valence-electron chi connectivity index (χ0n) is 12.6. The van der Waals surface area contributed by atoms with Crippen molar-refractivity contribution in [3.63, 3.8) is 0 Å². The van der Waals surface area contributed by atoms with Crippen molar-refractivity contribution in [2.45, 2.75) is 25.3 Å². The normalized spacial score (nSPS) is 24.5. The number of hydrogen-bond donors (Lipinski definition) is 1. The lowest BCUT2D eigenvalue weighted by atomic mass is 10.0. The van der Waals surface area contributed by atoms with Crippen LogP contribution in [-0.2, 0) is 9.59 Å². The molecule has 2 rings (SSSR count). The van der Waals surface area contributed by atoms with Crippen LogP contribution < -0.4 is 5.32 Å². The molecule has 0 saturated carbocycles. The van der Waals surface area contributed by atoms with Gasteiger partial charge < -0.3 is 15.1 Å². The minimum absolute atomic E-state index is 0.0127. The fraction of sp³-hybridized carbons (Fsp3) is 0.857. The maximum Gasteiger partial charge on any atom is 0.239 e. The quantitative estimate of drug-likeness (QED) is 0.748. The van der Waals surface area contributed by atoms with E-state index >= 15 is 0 Å². The lowest BCUT2D eigenvalue weighted by Gasteiger charge is -2.37. The topological polar surface area (TPSA) is 55.9 Å². The molecule has 0 bridgehead atoms. The number of nitrogens with one attached hydrogen (secondary N) is 1. The van der Waals surface area contributed by atoms with Crippen LogP contribution >= 0.6 is 0 Å². The van der Waals surface area contributed by atoms with Gasteiger partial charge in [0.15, 0.2) is 0 Å². The van der Waals surface area contributed by atoms with Gasteiger partial charge in [0.05, 0.1) is 12.6 Å². The number of rotatable bonds is 3. The van der Waals surface area contributed by atoms with Gasteiger partial charge >= 0.3 is 0 Å². The largest absolute Gasteiger partial charge is 0.348 e. The number of nitrogens with zero attached hydrogens (tertiary/aromatic N) is 3. The summed E-state index contributed by atoms with van der Waals surface area (Å²) in [5, 5.41) is 3.31. The molecule has 0 aromatic carbocycles. The molecule has 0 aliphatic carbocycles. The molecule has 0 aromatic rings. The molecular weight excluding hydrogens is 256 g/mol. The van der Waals surface area contributed by atoms with Crippen LogP contribution in [0.5, 0.6) is 0 Å². The standard InChI is InChI=1S/C14H26N4O2/c1-16(2)13(19)11-17-7-9-18(10-8-17)14(20)12-5-3-4-6-15-12/h12,15H,3-11H2,1-2H3/t12-/m0/s1. The Hall–Kier alpha value is -1.14. The molecule has 2 aliphatic rings. The van der Waals surface area contributed by atoms with Crippen LogP contribution in [0.25, 0.3) is 0 Å². The summed E-state index contributed by atoms with van der Waals surface area (Å²) in [5.74, 6) is 0.363. The van der Waals surface area contributed by atoms with Crippen LogP contribution in [0.1, 0.15) is 19.3 Å². The molecule has 6 heteroatoms. The Bertz CT molecular complexity index is 345. The summed E-state index contributed by atoms with van der Waals surface area (Å²) in [6.45, 7) is 4.45. The summed E-state index contributed by atoms with van der Waals surface area (Å²) in [7, 11) is 3.55. The molecular formula is C14H26N4O2. The second-order valence-corrected chi connectivity index (χ2v) is 5.89. The predicted molar refractivity (Wildman–Crippen MR) is 77.4 cm³/mol. The number of likely N-dealkylation sites (N-methyl/N-ethyl adjacent to an activating group) is 1. The van der Waals surface area contributed by atoms with Gasteiger partial charge in [-0.05, 0) is 19.4 Å². The summed E-state index contributed by atoms with van der Waals surface area (Å²) in [6, 6.07) is 0.0127. The van der Waals surface area contributed by atoms with E-state index in [0.29, 0.717) is 6.54 Å². The van der Waals surface area contributed by atoms with Gasteiger partial charge in [-0.2, -0.15) is 0 Å². The molecule has 0 aromatic heterocycles. The van der Waals surface area contributed by atoms with Crippen LogP contribution in [0, 0.1) is 0 Å². The fourth-order valence-electron chi connectivity index (χ4n) is 2.74. The zero-order valence-corrected chi connectivity index (χ0v) is 12.6. The first-order valence-corrected chi connectivity index (χ1v) is 7.52. The Labute approximate surface area is 121 Å². The molecule has 0 radical (unpaired) electrons. The number of piperidine rings is 1. The van der Waals surface area contributed by atoms with E-state index in [0.717, 1.165) is 45.6 Å². The minimum Gasteiger partial charge on any atom is -0.348 e. The van der Waals surface area contributed by atoms with Crippen molar-refractivity contribution >= 4 is 11.8 Å². The second kappa shape index (κ2) is 7.04. The molecule has 20 heavy (non-hydrogen) atoms. The molecule has 2 aliphatic heterocycles. The first-order valence-electron chi connectivity index (χ1n) is 7.52. The van der Waals surface area contributed by atoms with Gasteiger partial charge in [-0.1, -0.05) is 6.42 Å². The number of amides is 2. The number of carbonyl (C=O) groups is 2. The smallest absolute Gasteiger partial charge is 0.239 e. The van der Waals surface area contributed by atoms with E-state index in [-0.39, 0.29) is 17.9 Å². The van der Waals surface area contributed by atoms with E-state index in [2.05, 4.69) is 10.2 Å². The van der Waals surface area contributed by atoms with Crippen molar-refractivity contribution < 1.29 is 9.59 Å². The van der Waals surface area contributed by atoms with Crippen LogP contribution in [0.15, 0.2) is 0 Å². The van der Waals surface area contributed by atoms with Gasteiger partial charge in [-0.15, -0.1) is 0 Å². The predicted octanol–water partition coefficient (Wildman–Crippen LogP) is -0.639. The highest BCUT2D eigenvalue weighted by atomic mass is 16.2. The first-order chi connectivity index (χ1) is 9.58. The van der Waals surface area contributed by atoms with Gasteiger partial charge in [0, 0.05) is 40.3 Å². The third-order valence-electron chi connectivity index (χ3n) is 4.15. The average molecular weight is 282 g/mol. The minimum atomic E-state index is 0.0127. The van der Waals surface area contributed by atoms with Crippen LogP contribution in [-0.4, -0.2) is 85.9 Å². The Kier molecular flexibility index (Phi) is 5.37. The SMILES string of the molecule is CN(C)C(=O)CN1CCN(C(=O)[C@@H]2CCCCN2)CC1. The summed E-state index contributed by atoms with van der Waals surface area (Å²) in [6.07, 6.45) is 3.27. The Morgan fingerprint density at radius 2 is 1.85 bits per heavy atom. The first kappa shape index (κ1) is 15.3. The highest BCUT2D eigenvalue weighted by Gasteiger charge is 2.28. The van der Waals surface area contributed by atoms with E-state index in [1.807, 2.05) is 4.90 Å². The molecule has 1 N–H and O–H groups in total. The van der Waals surface area contributed by atoms with Gasteiger partial charge in [-0.25, -0.2) is 0 Å². The summed E-state index contributed by atoms with van der Waals surface area (Å²) in [5.41, 5.74) is 0. The van der Waals surface area contributed by atoms with Crippen molar-refractivity contribution in [3.8, 4) is 0 Å². The Morgan fingerprint density at radius 3 is 2.40 bits per heavy atom. The van der Waals surface area contributed by atoms with Gasteiger partial charge in [0.25, 0.3) is 0 Å². The molecule has 2 amide bonds. The van der Waals surface area contributed by atoms with Crippen LogP contribution in [0.3, 0.4) is 0 Å². The number of hydrogen-bond acceptors (Lipinski definition) is 4. The molecule has 0 unspecified atom stereocenters. The molecule has 6 nitrogen and oxygen atoms in total. The summed E-state index contributed by atoms with van der Waals surface area (Å²) < 4.78 is 0. The lowest BCUT2D eigenvalue weighted by molar-refractivity contribution is -0.136. The highest BCUT2D eigenvalue weighted by Crippen LogP contribution is 2.11. The van der Waals surface area contributed by atoms with E-state index < -0.39 is 0 Å². The maximum atomic E-state index is 12.4. The molecule has 114 valence electrons. The van der Waals surface area contributed by atoms with E-state index in [9.17, 15) is 9.59 Å². The van der Waals surface area contributed by atoms with E-state index in [1.165, 1.54) is 6.42 Å². The Morgan fingerprint density at radius 1 is 1.15 bits per heavy atom. The monoisotopic (exact) mass is 282 g/mol. The molecule has 0 spiro atoms. The van der Waals surface area contributed by atoms with Gasteiger partial charge in [0.2, 0.25) is 11.8 Å². The summed E-state index contributed by atoms with van der Waals surface area (Å²) >= 11 is 0. The van der Waals surface area contributed by atoms with Crippen molar-refractivity contribution in [2.75, 3.05) is 53.4 Å². The van der Waals surface area contributed by atoms with Crippen molar-refractivity contribution in [1.82, 2.24) is 20.0 Å². The zero-order chi connectivity index (χ0) is 14.5.